The van der Waals surface area contributed by atoms with Crippen molar-refractivity contribution in [3.8, 4) is 6.07 Å². The molecule has 2 aromatic rings. The average molecular weight is 341 g/mol. The predicted octanol–water partition coefficient (Wildman–Crippen LogP) is 3.67. The zero-order valence-electron chi connectivity index (χ0n) is 8.49. The van der Waals surface area contributed by atoms with E-state index < -0.39 is 0 Å². The lowest BCUT2D eigenvalue weighted by molar-refractivity contribution is 1.31. The summed E-state index contributed by atoms with van der Waals surface area (Å²) in [6.45, 7) is 1.84. The third-order valence-electron chi connectivity index (χ3n) is 2.08. The van der Waals surface area contributed by atoms with Crippen molar-refractivity contribution in [1.29, 1.82) is 5.26 Å². The van der Waals surface area contributed by atoms with Crippen LogP contribution < -0.4 is 5.32 Å². The molecule has 80 valence electrons. The van der Waals surface area contributed by atoms with Gasteiger partial charge in [0.15, 0.2) is 0 Å². The maximum atomic E-state index is 8.99. The van der Waals surface area contributed by atoms with E-state index in [1.165, 1.54) is 15.1 Å². The first-order chi connectivity index (χ1) is 7.70. The number of nitrogens with one attached hydrogen (secondary N) is 1. The number of hydrogen-bond donors (Lipinski definition) is 1. The van der Waals surface area contributed by atoms with Crippen LogP contribution in [0.25, 0.3) is 0 Å². The van der Waals surface area contributed by atoms with Crippen molar-refractivity contribution in [3.63, 3.8) is 0 Å². The van der Waals surface area contributed by atoms with E-state index in [2.05, 4.69) is 38.4 Å². The monoisotopic (exact) mass is 341 g/mol. The molecule has 1 aromatic heterocycles. The fourth-order valence-electron chi connectivity index (χ4n) is 1.25. The lowest BCUT2D eigenvalue weighted by Gasteiger charge is -2.03. The summed E-state index contributed by atoms with van der Waals surface area (Å²) in [4.78, 5) is 0. The largest absolute Gasteiger partial charge is 0.345 e. The van der Waals surface area contributed by atoms with Crippen LogP contribution in [0.15, 0.2) is 24.3 Å². The Morgan fingerprint density at radius 1 is 1.38 bits per heavy atom. The van der Waals surface area contributed by atoms with Crippen LogP contribution in [0.3, 0.4) is 0 Å². The molecular weight excluding hydrogens is 333 g/mol. The number of halogens is 1. The Hall–Kier alpha value is -1.13. The fourth-order valence-corrected chi connectivity index (χ4v) is 2.38. The van der Waals surface area contributed by atoms with E-state index in [1.54, 1.807) is 0 Å². The lowest BCUT2D eigenvalue weighted by Crippen LogP contribution is -1.90. The van der Waals surface area contributed by atoms with Gasteiger partial charge in [-0.3, -0.25) is 0 Å². The molecule has 0 unspecified atom stereocenters. The van der Waals surface area contributed by atoms with Crippen LogP contribution in [0.5, 0.6) is 0 Å². The number of hydrogen-bond acceptors (Lipinski definition) is 4. The van der Waals surface area contributed by atoms with Crippen LogP contribution in [-0.2, 0) is 0 Å². The van der Waals surface area contributed by atoms with Gasteiger partial charge in [0.1, 0.15) is 16.6 Å². The first kappa shape index (κ1) is 11.4. The number of aromatic nitrogens is 1. The summed E-state index contributed by atoms with van der Waals surface area (Å²) in [5.74, 6) is 0. The van der Waals surface area contributed by atoms with E-state index in [-0.39, 0.29) is 0 Å². The topological polar surface area (TPSA) is 48.7 Å². The minimum atomic E-state index is 0.628. The molecule has 1 heterocycles. The van der Waals surface area contributed by atoms with Gasteiger partial charge in [-0.25, -0.2) is 0 Å². The lowest BCUT2D eigenvalue weighted by atomic mass is 10.2. The highest BCUT2D eigenvalue weighted by Crippen LogP contribution is 2.27. The van der Waals surface area contributed by atoms with Crippen LogP contribution in [0.2, 0.25) is 0 Å². The summed E-state index contributed by atoms with van der Waals surface area (Å²) in [5, 5.41) is 13.0. The number of aryl methyl sites for hydroxylation is 1. The fraction of sp³-hybridized carbons (Fsp3) is 0.0909. The van der Waals surface area contributed by atoms with Crippen molar-refractivity contribution in [1.82, 2.24) is 4.37 Å². The predicted molar refractivity (Wildman–Crippen MR) is 74.0 cm³/mol. The van der Waals surface area contributed by atoms with Gasteiger partial charge in [-0.2, -0.15) is 9.64 Å². The molecular formula is C11H8IN3S. The van der Waals surface area contributed by atoms with Gasteiger partial charge in [0.05, 0.1) is 5.69 Å². The molecule has 1 N–H and O–H groups in total. The van der Waals surface area contributed by atoms with E-state index in [0.29, 0.717) is 5.56 Å². The molecule has 0 saturated carbocycles. The highest BCUT2D eigenvalue weighted by molar-refractivity contribution is 14.1. The number of benzene rings is 1. The molecule has 1 aromatic carbocycles. The average Bonchev–Trinajstić information content (AvgIpc) is 2.63. The van der Waals surface area contributed by atoms with E-state index in [0.717, 1.165) is 16.4 Å². The maximum Gasteiger partial charge on any atom is 0.132 e. The summed E-state index contributed by atoms with van der Waals surface area (Å²) < 4.78 is 5.34. The summed E-state index contributed by atoms with van der Waals surface area (Å²) in [5.41, 5.74) is 2.38. The Kier molecular flexibility index (Phi) is 3.41. The molecule has 0 radical (unpaired) electrons. The molecule has 0 atom stereocenters. The summed E-state index contributed by atoms with van der Waals surface area (Å²) in [6, 6.07) is 10.2. The van der Waals surface area contributed by atoms with Crippen molar-refractivity contribution in [2.45, 2.75) is 6.92 Å². The molecule has 0 aliphatic heterocycles. The Bertz CT molecular complexity index is 539. The van der Waals surface area contributed by atoms with Gasteiger partial charge in [0.2, 0.25) is 0 Å². The van der Waals surface area contributed by atoms with E-state index >= 15 is 0 Å². The molecule has 3 nitrogen and oxygen atoms in total. The molecule has 0 bridgehead atoms. The van der Waals surface area contributed by atoms with Gasteiger partial charge in [0.25, 0.3) is 0 Å². The van der Waals surface area contributed by atoms with Crippen molar-refractivity contribution in [2.75, 3.05) is 5.32 Å². The first-order valence-electron chi connectivity index (χ1n) is 4.59. The molecule has 16 heavy (non-hydrogen) atoms. The van der Waals surface area contributed by atoms with Gasteiger partial charge < -0.3 is 5.32 Å². The Labute approximate surface area is 111 Å². The number of rotatable bonds is 2. The van der Waals surface area contributed by atoms with Crippen LogP contribution in [0.1, 0.15) is 11.3 Å². The summed E-state index contributed by atoms with van der Waals surface area (Å²) >= 11 is 3.57. The molecule has 2 rings (SSSR count). The second-order valence-electron chi connectivity index (χ2n) is 3.22. The molecule has 0 aliphatic rings. The second-order valence-corrected chi connectivity index (χ2v) is 5.23. The van der Waals surface area contributed by atoms with Crippen molar-refractivity contribution in [2.24, 2.45) is 0 Å². The quantitative estimate of drug-likeness (QED) is 0.848. The van der Waals surface area contributed by atoms with Gasteiger partial charge in [-0.05, 0) is 65.3 Å². The van der Waals surface area contributed by atoms with Crippen molar-refractivity contribution >= 4 is 44.8 Å². The second kappa shape index (κ2) is 4.80. The summed E-state index contributed by atoms with van der Waals surface area (Å²) in [7, 11) is 0. The molecule has 0 aliphatic carbocycles. The molecule has 0 fully saturated rings. The van der Waals surface area contributed by atoms with Crippen LogP contribution >= 0.6 is 34.1 Å². The third kappa shape index (κ3) is 2.33. The zero-order chi connectivity index (χ0) is 11.5. The van der Waals surface area contributed by atoms with E-state index in [4.69, 9.17) is 5.26 Å². The molecule has 5 heteroatoms. The van der Waals surface area contributed by atoms with Crippen LogP contribution in [-0.4, -0.2) is 4.37 Å². The van der Waals surface area contributed by atoms with Gasteiger partial charge in [0, 0.05) is 9.26 Å². The standard InChI is InChI=1S/C11H8IN3S/c1-7-10(6-13)11(16-15-7)14-9-4-2-8(12)3-5-9/h2-5,14H,1H3. The highest BCUT2D eigenvalue weighted by Gasteiger charge is 2.09. The Morgan fingerprint density at radius 2 is 2.06 bits per heavy atom. The molecule has 0 amide bonds. The molecule has 0 saturated heterocycles. The first-order valence-corrected chi connectivity index (χ1v) is 6.45. The number of anilines is 2. The smallest absolute Gasteiger partial charge is 0.132 e. The number of nitrogens with zero attached hydrogens (tertiary/aromatic N) is 2. The Morgan fingerprint density at radius 3 is 2.69 bits per heavy atom. The van der Waals surface area contributed by atoms with E-state index in [9.17, 15) is 0 Å². The van der Waals surface area contributed by atoms with E-state index in [1.807, 2.05) is 31.2 Å². The van der Waals surface area contributed by atoms with Crippen LogP contribution in [0.4, 0.5) is 10.7 Å². The van der Waals surface area contributed by atoms with Gasteiger partial charge >= 0.3 is 0 Å². The van der Waals surface area contributed by atoms with Crippen LogP contribution in [0, 0.1) is 21.8 Å². The minimum Gasteiger partial charge on any atom is -0.345 e. The van der Waals surface area contributed by atoms with Gasteiger partial charge in [-0.15, -0.1) is 0 Å². The SMILES string of the molecule is Cc1nsc(Nc2ccc(I)cc2)c1C#N. The minimum absolute atomic E-state index is 0.628. The zero-order valence-corrected chi connectivity index (χ0v) is 11.5. The number of nitriles is 1. The van der Waals surface area contributed by atoms with Gasteiger partial charge in [-0.1, -0.05) is 0 Å². The molecule has 0 spiro atoms. The third-order valence-corrected chi connectivity index (χ3v) is 3.65. The normalized spacial score (nSPS) is 9.81. The highest BCUT2D eigenvalue weighted by atomic mass is 127. The van der Waals surface area contributed by atoms with Crippen molar-refractivity contribution in [3.05, 3.63) is 39.1 Å². The maximum absolute atomic E-state index is 8.99. The van der Waals surface area contributed by atoms with Crippen molar-refractivity contribution < 1.29 is 0 Å². The summed E-state index contributed by atoms with van der Waals surface area (Å²) in [6.07, 6.45) is 0. The Balaban J connectivity index is 2.27.